The molecular formula is C10H15NdP. The Morgan fingerprint density at radius 3 is 2.33 bits per heavy atom. The molecular weight excluding hydrogens is 295 g/mol. The number of benzene rings is 1. The maximum atomic E-state index is 2.36. The molecule has 1 aromatic rings. The summed E-state index contributed by atoms with van der Waals surface area (Å²) in [4.78, 5) is 0. The SMILES string of the molecule is C[CH2][Nd][P](CC)c1ccccc1. The molecule has 0 saturated carbocycles. The molecule has 12 heavy (non-hydrogen) atoms. The topological polar surface area (TPSA) is 0 Å². The zero-order chi connectivity index (χ0) is 8.81. The fourth-order valence-electron chi connectivity index (χ4n) is 1.18. The second-order valence-electron chi connectivity index (χ2n) is 2.59. The molecule has 0 aliphatic rings. The van der Waals surface area contributed by atoms with Crippen LogP contribution in [-0.2, 0) is 0 Å². The van der Waals surface area contributed by atoms with Crippen LogP contribution in [0.3, 0.4) is 0 Å². The molecule has 0 amide bonds. The predicted octanol–water partition coefficient (Wildman–Crippen LogP) is 3.25. The first-order chi connectivity index (χ1) is 5.88. The van der Waals surface area contributed by atoms with Crippen molar-refractivity contribution in [1.82, 2.24) is 0 Å². The van der Waals surface area contributed by atoms with Crippen LogP contribution in [0.4, 0.5) is 0 Å². The first-order valence-electron chi connectivity index (χ1n) is 4.44. The third-order valence-electron chi connectivity index (χ3n) is 1.73. The zero-order valence-electron chi connectivity index (χ0n) is 7.75. The van der Waals surface area contributed by atoms with Gasteiger partial charge in [0.05, 0.1) is 0 Å². The molecule has 0 nitrogen and oxygen atoms in total. The van der Waals surface area contributed by atoms with Gasteiger partial charge in [-0.15, -0.1) is 0 Å². The van der Waals surface area contributed by atoms with Crippen LogP contribution in [0.2, 0.25) is 2.07 Å². The van der Waals surface area contributed by atoms with E-state index in [0.29, 0.717) is 2.81 Å². The molecule has 0 bridgehead atoms. The summed E-state index contributed by atoms with van der Waals surface area (Å²) in [6.07, 6.45) is 1.41. The molecule has 1 atom stereocenters. The summed E-state index contributed by atoms with van der Waals surface area (Å²) in [6.45, 7) is 4.71. The van der Waals surface area contributed by atoms with Gasteiger partial charge in [-0.2, -0.15) is 0 Å². The van der Waals surface area contributed by atoms with Crippen LogP contribution in [0.25, 0.3) is 0 Å². The van der Waals surface area contributed by atoms with Crippen molar-refractivity contribution >= 4 is 8.12 Å². The third kappa shape index (κ3) is 3.40. The van der Waals surface area contributed by atoms with Gasteiger partial charge in [0, 0.05) is 0 Å². The summed E-state index contributed by atoms with van der Waals surface area (Å²) >= 11 is -0.271. The number of rotatable bonds is 4. The van der Waals surface area contributed by atoms with Crippen LogP contribution in [0, 0.1) is 35.9 Å². The minimum atomic E-state index is -0.271. The first kappa shape index (κ1) is 11.1. The molecule has 0 aliphatic carbocycles. The van der Waals surface area contributed by atoms with Gasteiger partial charge < -0.3 is 0 Å². The molecule has 1 rings (SSSR count). The summed E-state index contributed by atoms with van der Waals surface area (Å²) in [6, 6.07) is 11.1. The Kier molecular flexibility index (Phi) is 5.96. The Hall–Kier alpha value is 1.00. The van der Waals surface area contributed by atoms with Crippen molar-refractivity contribution < 1.29 is 35.9 Å². The molecule has 0 spiro atoms. The van der Waals surface area contributed by atoms with Crippen molar-refractivity contribution in [2.45, 2.75) is 15.9 Å². The van der Waals surface area contributed by atoms with E-state index in [1.165, 1.54) is 8.23 Å². The van der Waals surface area contributed by atoms with Crippen LogP contribution in [0.1, 0.15) is 13.8 Å². The van der Waals surface area contributed by atoms with Crippen molar-refractivity contribution in [2.24, 2.45) is 0 Å². The minimum absolute atomic E-state index is 0.271. The van der Waals surface area contributed by atoms with E-state index in [1.54, 1.807) is 5.30 Å². The number of hydrogen-bond donors (Lipinski definition) is 0. The van der Waals surface area contributed by atoms with E-state index in [4.69, 9.17) is 0 Å². The third-order valence-corrected chi connectivity index (χ3v) is 16.2. The van der Waals surface area contributed by atoms with E-state index in [2.05, 4.69) is 44.2 Å². The van der Waals surface area contributed by atoms with Crippen LogP contribution < -0.4 is 5.30 Å². The Morgan fingerprint density at radius 1 is 1.17 bits per heavy atom. The molecule has 0 radical (unpaired) electrons. The molecule has 64 valence electrons. The van der Waals surface area contributed by atoms with Gasteiger partial charge in [0.15, 0.2) is 0 Å². The van der Waals surface area contributed by atoms with Crippen molar-refractivity contribution in [3.8, 4) is 0 Å². The molecule has 0 aromatic heterocycles. The Balaban J connectivity index is 2.66. The molecule has 0 fully saturated rings. The second kappa shape index (κ2) is 6.45. The van der Waals surface area contributed by atoms with Crippen molar-refractivity contribution in [1.29, 1.82) is 0 Å². The Bertz CT molecular complexity index is 210. The molecule has 2 heteroatoms. The summed E-state index contributed by atoms with van der Waals surface area (Å²) in [5.41, 5.74) is 0. The van der Waals surface area contributed by atoms with Crippen LogP contribution in [0.15, 0.2) is 30.3 Å². The van der Waals surface area contributed by atoms with Gasteiger partial charge in [-0.25, -0.2) is 0 Å². The van der Waals surface area contributed by atoms with Crippen LogP contribution in [0.5, 0.6) is 0 Å². The van der Waals surface area contributed by atoms with Gasteiger partial charge in [-0.05, 0) is 0 Å². The van der Waals surface area contributed by atoms with Gasteiger partial charge >= 0.3 is 96.5 Å². The van der Waals surface area contributed by atoms with E-state index >= 15 is 0 Å². The summed E-state index contributed by atoms with van der Waals surface area (Å²) in [7, 11) is 0. The molecule has 0 saturated heterocycles. The van der Waals surface area contributed by atoms with E-state index in [0.717, 1.165) is 0 Å². The molecule has 1 unspecified atom stereocenters. The van der Waals surface area contributed by atoms with Gasteiger partial charge in [-0.1, -0.05) is 0 Å². The van der Waals surface area contributed by atoms with Crippen LogP contribution in [-0.4, -0.2) is 6.16 Å². The van der Waals surface area contributed by atoms with Gasteiger partial charge in [0.1, 0.15) is 0 Å². The van der Waals surface area contributed by atoms with Crippen molar-refractivity contribution in [3.05, 3.63) is 30.3 Å². The van der Waals surface area contributed by atoms with Crippen LogP contribution >= 0.6 is 2.81 Å². The van der Waals surface area contributed by atoms with Gasteiger partial charge in [-0.3, -0.25) is 0 Å². The molecule has 0 heterocycles. The average Bonchev–Trinajstić information content (AvgIpc) is 2.15. The number of hydrogen-bond acceptors (Lipinski definition) is 0. The van der Waals surface area contributed by atoms with E-state index in [-0.39, 0.29) is 35.9 Å². The Morgan fingerprint density at radius 2 is 1.83 bits per heavy atom. The van der Waals surface area contributed by atoms with Gasteiger partial charge in [0.2, 0.25) is 0 Å². The normalized spacial score (nSPS) is 12.5. The average molecular weight is 310 g/mol. The van der Waals surface area contributed by atoms with Crippen molar-refractivity contribution in [2.75, 3.05) is 6.16 Å². The fourth-order valence-corrected chi connectivity index (χ4v) is 11.9. The molecule has 1 aromatic carbocycles. The molecule has 0 N–H and O–H groups in total. The maximum absolute atomic E-state index is 2.36. The van der Waals surface area contributed by atoms with E-state index < -0.39 is 0 Å². The Labute approximate surface area is 95.3 Å². The quantitative estimate of drug-likeness (QED) is 0.749. The standard InChI is InChI=1S/C8H10P.C2H5.Nd/c1-2-9-8-6-4-3-5-7-8;1-2;/h3-7H,2H2,1H3;1H2,2H3;/q-1;;+1. The second-order valence-corrected chi connectivity index (χ2v) is 15.4. The molecule has 0 aliphatic heterocycles. The van der Waals surface area contributed by atoms with Crippen molar-refractivity contribution in [3.63, 3.8) is 0 Å². The fraction of sp³-hybridized carbons (Fsp3) is 0.400. The zero-order valence-corrected chi connectivity index (χ0v) is 11.9. The van der Waals surface area contributed by atoms with E-state index in [9.17, 15) is 0 Å². The summed E-state index contributed by atoms with van der Waals surface area (Å²) < 4.78 is 1.85. The monoisotopic (exact) mass is 308 g/mol. The predicted molar refractivity (Wildman–Crippen MR) is 54.0 cm³/mol. The first-order valence-corrected chi connectivity index (χ1v) is 12.5. The summed E-state index contributed by atoms with van der Waals surface area (Å²) in [5, 5.41) is 1.65. The van der Waals surface area contributed by atoms with Gasteiger partial charge in [0.25, 0.3) is 0 Å². The van der Waals surface area contributed by atoms with E-state index in [1.807, 2.05) is 0 Å². The summed E-state index contributed by atoms with van der Waals surface area (Å²) in [5.74, 6) is 0.